The van der Waals surface area contributed by atoms with Crippen LogP contribution in [0.5, 0.6) is 0 Å². The molecule has 0 saturated carbocycles. The minimum atomic E-state index is -1.06. The summed E-state index contributed by atoms with van der Waals surface area (Å²) in [5.41, 5.74) is 2.17. The minimum absolute atomic E-state index is 0.329. The fourth-order valence-corrected chi connectivity index (χ4v) is 4.26. The number of likely N-dealkylation sites (tertiary alicyclic amines) is 1. The van der Waals surface area contributed by atoms with Gasteiger partial charge in [0.05, 0.1) is 18.4 Å². The minimum Gasteiger partial charge on any atom is -0.456 e. The van der Waals surface area contributed by atoms with Crippen LogP contribution in [-0.4, -0.2) is 59.4 Å². The molecule has 3 rings (SSSR count). The topological polar surface area (TPSA) is 94.9 Å². The van der Waals surface area contributed by atoms with Crippen molar-refractivity contribution in [3.8, 4) is 0 Å². The number of carbonyl (C=O) groups is 4. The van der Waals surface area contributed by atoms with Crippen LogP contribution in [0.15, 0.2) is 18.2 Å². The second-order valence-corrected chi connectivity index (χ2v) is 7.84. The van der Waals surface area contributed by atoms with Crippen molar-refractivity contribution in [2.75, 3.05) is 20.3 Å². The molecule has 8 nitrogen and oxygen atoms in total. The largest absolute Gasteiger partial charge is 0.456 e. The number of nitrogens with zero attached hydrogens (tertiary/aromatic N) is 2. The van der Waals surface area contributed by atoms with E-state index in [1.165, 1.54) is 6.92 Å². The Balaban J connectivity index is 1.62. The third kappa shape index (κ3) is 3.96. The number of allylic oxidation sites excluding steroid dienone is 2. The van der Waals surface area contributed by atoms with Gasteiger partial charge in [-0.25, -0.2) is 4.79 Å². The molecule has 0 N–H and O–H groups in total. The van der Waals surface area contributed by atoms with Crippen molar-refractivity contribution in [1.82, 2.24) is 9.47 Å². The normalized spacial score (nSPS) is 21.7. The fourth-order valence-electron chi connectivity index (χ4n) is 4.26. The fraction of sp³-hybridized carbons (Fsp3) is 0.545. The van der Waals surface area contributed by atoms with Gasteiger partial charge in [-0.2, -0.15) is 0 Å². The van der Waals surface area contributed by atoms with Gasteiger partial charge in [-0.05, 0) is 39.7 Å². The highest BCUT2D eigenvalue weighted by molar-refractivity contribution is 6.08. The van der Waals surface area contributed by atoms with Crippen molar-refractivity contribution in [3.05, 3.63) is 35.2 Å². The van der Waals surface area contributed by atoms with E-state index in [0.29, 0.717) is 31.6 Å². The molecule has 1 aromatic rings. The summed E-state index contributed by atoms with van der Waals surface area (Å²) in [5.74, 6) is -2.58. The Labute approximate surface area is 175 Å². The first-order valence-corrected chi connectivity index (χ1v) is 10.1. The SMILES string of the molecule is COCCn1c(C)cc(C(=O)COC(=O)[C@H](C)N2C(=O)[C@@H]3CC=CC[C@H]3C2=O)c1C. The highest BCUT2D eigenvalue weighted by Gasteiger charge is 2.50. The van der Waals surface area contributed by atoms with Gasteiger partial charge in [0.2, 0.25) is 17.6 Å². The molecule has 0 radical (unpaired) electrons. The van der Waals surface area contributed by atoms with Gasteiger partial charge in [0.1, 0.15) is 6.04 Å². The first kappa shape index (κ1) is 22.0. The maximum absolute atomic E-state index is 12.6. The van der Waals surface area contributed by atoms with Crippen LogP contribution < -0.4 is 0 Å². The Hall–Kier alpha value is -2.74. The number of carbonyl (C=O) groups excluding carboxylic acids is 4. The molecule has 0 bridgehead atoms. The van der Waals surface area contributed by atoms with Crippen molar-refractivity contribution in [3.63, 3.8) is 0 Å². The molecule has 0 aromatic carbocycles. The number of ketones is 1. The van der Waals surface area contributed by atoms with Crippen LogP contribution in [0, 0.1) is 25.7 Å². The van der Waals surface area contributed by atoms with E-state index in [1.54, 1.807) is 13.2 Å². The van der Waals surface area contributed by atoms with Crippen molar-refractivity contribution in [2.45, 2.75) is 46.2 Å². The van der Waals surface area contributed by atoms with Crippen LogP contribution >= 0.6 is 0 Å². The molecule has 0 unspecified atom stereocenters. The van der Waals surface area contributed by atoms with E-state index in [2.05, 4.69) is 0 Å². The van der Waals surface area contributed by atoms with Crippen LogP contribution in [0.1, 0.15) is 41.5 Å². The Bertz CT molecular complexity index is 874. The summed E-state index contributed by atoms with van der Waals surface area (Å²) < 4.78 is 12.2. The molecule has 2 amide bonds. The van der Waals surface area contributed by atoms with Crippen LogP contribution in [0.25, 0.3) is 0 Å². The molecular weight excluding hydrogens is 388 g/mol. The van der Waals surface area contributed by atoms with E-state index in [1.807, 2.05) is 30.6 Å². The first-order valence-electron chi connectivity index (χ1n) is 10.1. The molecule has 8 heteroatoms. The molecule has 2 aliphatic rings. The molecule has 1 fully saturated rings. The van der Waals surface area contributed by atoms with Gasteiger partial charge in [-0.15, -0.1) is 0 Å². The summed E-state index contributed by atoms with van der Waals surface area (Å²) in [6.07, 6.45) is 4.79. The molecule has 1 aliphatic heterocycles. The number of amides is 2. The third-order valence-corrected chi connectivity index (χ3v) is 6.01. The number of hydrogen-bond acceptors (Lipinski definition) is 6. The number of hydrogen-bond donors (Lipinski definition) is 0. The number of imide groups is 1. The zero-order chi connectivity index (χ0) is 22.0. The lowest BCUT2D eigenvalue weighted by atomic mass is 9.85. The van der Waals surface area contributed by atoms with Crippen LogP contribution in [-0.2, 0) is 30.4 Å². The molecule has 0 spiro atoms. The first-order chi connectivity index (χ1) is 14.3. The van der Waals surface area contributed by atoms with Crippen molar-refractivity contribution in [2.24, 2.45) is 11.8 Å². The summed E-state index contributed by atoms with van der Waals surface area (Å²) in [4.78, 5) is 51.3. The van der Waals surface area contributed by atoms with Gasteiger partial charge in [-0.1, -0.05) is 12.2 Å². The van der Waals surface area contributed by atoms with Crippen molar-refractivity contribution < 1.29 is 28.7 Å². The highest BCUT2D eigenvalue weighted by atomic mass is 16.5. The highest BCUT2D eigenvalue weighted by Crippen LogP contribution is 2.36. The monoisotopic (exact) mass is 416 g/mol. The molecule has 162 valence electrons. The van der Waals surface area contributed by atoms with E-state index < -0.39 is 30.5 Å². The molecule has 1 aliphatic carbocycles. The maximum atomic E-state index is 12.6. The predicted molar refractivity (Wildman–Crippen MR) is 108 cm³/mol. The van der Waals surface area contributed by atoms with Crippen molar-refractivity contribution in [1.29, 1.82) is 0 Å². The zero-order valence-electron chi connectivity index (χ0n) is 17.8. The van der Waals surface area contributed by atoms with E-state index in [0.717, 1.165) is 16.3 Å². The molecule has 1 saturated heterocycles. The Kier molecular flexibility index (Phi) is 6.55. The summed E-state index contributed by atoms with van der Waals surface area (Å²) in [6, 6.07) is 0.702. The standard InChI is InChI=1S/C22H28N2O6/c1-13-11-18(14(2)23(13)9-10-29-4)19(25)12-30-22(28)15(3)24-20(26)16-7-5-6-8-17(16)21(24)27/h5-6,11,15-17H,7-10,12H2,1-4H3/t15-,16+,17+/m0/s1. The maximum Gasteiger partial charge on any atom is 0.329 e. The van der Waals surface area contributed by atoms with Crippen LogP contribution in [0.2, 0.25) is 0 Å². The third-order valence-electron chi connectivity index (χ3n) is 6.01. The van der Waals surface area contributed by atoms with E-state index in [4.69, 9.17) is 9.47 Å². The van der Waals surface area contributed by atoms with Gasteiger partial charge >= 0.3 is 5.97 Å². The molecule has 30 heavy (non-hydrogen) atoms. The number of methoxy groups -OCH3 is 1. The van der Waals surface area contributed by atoms with E-state index >= 15 is 0 Å². The smallest absolute Gasteiger partial charge is 0.329 e. The number of aryl methyl sites for hydroxylation is 1. The number of rotatable bonds is 8. The molecule has 1 aromatic heterocycles. The molecule has 2 heterocycles. The molecule has 3 atom stereocenters. The Morgan fingerprint density at radius 1 is 1.13 bits per heavy atom. The lowest BCUT2D eigenvalue weighted by Gasteiger charge is -2.21. The van der Waals surface area contributed by atoms with E-state index in [9.17, 15) is 19.2 Å². The predicted octanol–water partition coefficient (Wildman–Crippen LogP) is 1.82. The summed E-state index contributed by atoms with van der Waals surface area (Å²) in [5, 5.41) is 0. The summed E-state index contributed by atoms with van der Waals surface area (Å²) in [6.45, 7) is 5.89. The lowest BCUT2D eigenvalue weighted by Crippen LogP contribution is -2.44. The lowest BCUT2D eigenvalue weighted by molar-refractivity contribution is -0.157. The van der Waals surface area contributed by atoms with Gasteiger partial charge in [0.15, 0.2) is 6.61 Å². The van der Waals surface area contributed by atoms with E-state index in [-0.39, 0.29) is 17.6 Å². The van der Waals surface area contributed by atoms with Gasteiger partial charge in [0.25, 0.3) is 0 Å². The quantitative estimate of drug-likeness (QED) is 0.278. The number of esters is 1. The number of Topliss-reactive ketones (excluding diaryl/α,β-unsaturated/α-hetero) is 1. The second kappa shape index (κ2) is 8.95. The summed E-state index contributed by atoms with van der Waals surface area (Å²) >= 11 is 0. The van der Waals surface area contributed by atoms with Crippen molar-refractivity contribution >= 4 is 23.6 Å². The van der Waals surface area contributed by atoms with Gasteiger partial charge in [0, 0.05) is 30.6 Å². The number of ether oxygens (including phenoxy) is 2. The Morgan fingerprint density at radius 3 is 2.30 bits per heavy atom. The van der Waals surface area contributed by atoms with Crippen LogP contribution in [0.4, 0.5) is 0 Å². The van der Waals surface area contributed by atoms with Gasteiger partial charge < -0.3 is 14.0 Å². The number of aromatic nitrogens is 1. The average Bonchev–Trinajstić information content (AvgIpc) is 3.16. The second-order valence-electron chi connectivity index (χ2n) is 7.84. The molecular formula is C22H28N2O6. The van der Waals surface area contributed by atoms with Gasteiger partial charge in [-0.3, -0.25) is 19.3 Å². The number of fused-ring (bicyclic) bond motifs is 1. The summed E-state index contributed by atoms with van der Waals surface area (Å²) in [7, 11) is 1.61. The zero-order valence-corrected chi connectivity index (χ0v) is 17.8. The Morgan fingerprint density at radius 2 is 1.73 bits per heavy atom. The average molecular weight is 416 g/mol. The van der Waals surface area contributed by atoms with Crippen LogP contribution in [0.3, 0.4) is 0 Å².